The fraction of sp³-hybridized carbons (Fsp3) is 0.278. The van der Waals surface area contributed by atoms with Crippen molar-refractivity contribution >= 4 is 16.7 Å². The summed E-state index contributed by atoms with van der Waals surface area (Å²) in [6.07, 6.45) is 4.96. The molecule has 4 rings (SSSR count). The highest BCUT2D eigenvalue weighted by molar-refractivity contribution is 5.89. The van der Waals surface area contributed by atoms with Crippen LogP contribution in [-0.4, -0.2) is 43.3 Å². The van der Waals surface area contributed by atoms with Crippen molar-refractivity contribution < 1.29 is 9.47 Å². The molecule has 1 aliphatic heterocycles. The van der Waals surface area contributed by atoms with E-state index < -0.39 is 0 Å². The first-order valence-electron chi connectivity index (χ1n) is 8.24. The van der Waals surface area contributed by atoms with E-state index in [0.29, 0.717) is 17.2 Å². The molecule has 0 unspecified atom stereocenters. The average Bonchev–Trinajstić information content (AvgIpc) is 2.68. The lowest BCUT2D eigenvalue weighted by Gasteiger charge is -2.27. The Morgan fingerprint density at radius 1 is 1.20 bits per heavy atom. The SMILES string of the molecule is COc1cccc2c[n+]([O-])c(-c3cnc(N4CCNCC4)nc3)cc12. The topological polar surface area (TPSA) is 77.2 Å². The zero-order valence-electron chi connectivity index (χ0n) is 14.0. The zero-order valence-corrected chi connectivity index (χ0v) is 14.0. The Balaban J connectivity index is 1.72. The molecule has 1 aromatic carbocycles. The third kappa shape index (κ3) is 2.94. The minimum Gasteiger partial charge on any atom is -0.618 e. The lowest BCUT2D eigenvalue weighted by molar-refractivity contribution is -0.592. The highest BCUT2D eigenvalue weighted by atomic mass is 16.5. The number of ether oxygens (including phenoxy) is 1. The van der Waals surface area contributed by atoms with Gasteiger partial charge in [-0.05, 0) is 12.1 Å². The molecule has 0 radical (unpaired) electrons. The van der Waals surface area contributed by atoms with Crippen LogP contribution >= 0.6 is 0 Å². The Labute approximate surface area is 145 Å². The molecule has 1 fully saturated rings. The van der Waals surface area contributed by atoms with Crippen LogP contribution in [0.15, 0.2) is 42.9 Å². The smallest absolute Gasteiger partial charge is 0.227 e. The fourth-order valence-electron chi connectivity index (χ4n) is 3.09. The maximum atomic E-state index is 12.4. The van der Waals surface area contributed by atoms with Crippen LogP contribution in [0.2, 0.25) is 0 Å². The van der Waals surface area contributed by atoms with Crippen molar-refractivity contribution in [2.45, 2.75) is 0 Å². The molecule has 2 aromatic heterocycles. The Morgan fingerprint density at radius 3 is 2.68 bits per heavy atom. The van der Waals surface area contributed by atoms with E-state index in [2.05, 4.69) is 20.2 Å². The van der Waals surface area contributed by atoms with Crippen LogP contribution in [0.4, 0.5) is 5.95 Å². The van der Waals surface area contributed by atoms with Gasteiger partial charge in [-0.2, -0.15) is 4.73 Å². The molecule has 25 heavy (non-hydrogen) atoms. The summed E-state index contributed by atoms with van der Waals surface area (Å²) in [5.74, 6) is 1.43. The molecule has 3 heterocycles. The second kappa shape index (κ2) is 6.52. The van der Waals surface area contributed by atoms with E-state index in [1.54, 1.807) is 25.7 Å². The molecule has 128 valence electrons. The van der Waals surface area contributed by atoms with Crippen LogP contribution < -0.4 is 19.7 Å². The second-order valence-corrected chi connectivity index (χ2v) is 5.96. The van der Waals surface area contributed by atoms with Gasteiger partial charge >= 0.3 is 0 Å². The molecule has 0 aliphatic carbocycles. The van der Waals surface area contributed by atoms with E-state index in [4.69, 9.17) is 4.74 Å². The third-order valence-corrected chi connectivity index (χ3v) is 4.43. The Bertz CT molecular complexity index is 892. The van der Waals surface area contributed by atoms with Gasteiger partial charge in [0, 0.05) is 50.0 Å². The molecule has 7 nitrogen and oxygen atoms in total. The van der Waals surface area contributed by atoms with Gasteiger partial charge in [-0.1, -0.05) is 6.07 Å². The van der Waals surface area contributed by atoms with Crippen molar-refractivity contribution in [3.05, 3.63) is 48.1 Å². The first kappa shape index (κ1) is 15.6. The number of hydrogen-bond donors (Lipinski definition) is 1. The summed E-state index contributed by atoms with van der Waals surface area (Å²) in [7, 11) is 1.62. The van der Waals surface area contributed by atoms with Crippen LogP contribution in [0.5, 0.6) is 5.75 Å². The maximum Gasteiger partial charge on any atom is 0.227 e. The molecule has 3 aromatic rings. The Hall–Kier alpha value is -2.93. The van der Waals surface area contributed by atoms with Crippen molar-refractivity contribution in [1.82, 2.24) is 15.3 Å². The molecule has 1 aliphatic rings. The third-order valence-electron chi connectivity index (χ3n) is 4.43. The molecule has 0 amide bonds. The van der Waals surface area contributed by atoms with Gasteiger partial charge in [-0.25, -0.2) is 9.97 Å². The highest BCUT2D eigenvalue weighted by Gasteiger charge is 2.16. The Morgan fingerprint density at radius 2 is 1.96 bits per heavy atom. The molecule has 0 atom stereocenters. The number of aromatic nitrogens is 3. The minimum absolute atomic E-state index is 0.504. The fourth-order valence-corrected chi connectivity index (χ4v) is 3.09. The van der Waals surface area contributed by atoms with Gasteiger partial charge in [0.2, 0.25) is 11.6 Å². The van der Waals surface area contributed by atoms with Crippen molar-refractivity contribution in [2.75, 3.05) is 38.2 Å². The number of rotatable bonds is 3. The molecule has 1 N–H and O–H groups in total. The van der Waals surface area contributed by atoms with E-state index in [-0.39, 0.29) is 0 Å². The molecule has 7 heteroatoms. The molecule has 1 saturated heterocycles. The van der Waals surface area contributed by atoms with E-state index in [9.17, 15) is 5.21 Å². The van der Waals surface area contributed by atoms with Gasteiger partial charge in [0.25, 0.3) is 0 Å². The van der Waals surface area contributed by atoms with Gasteiger partial charge in [-0.15, -0.1) is 0 Å². The summed E-state index contributed by atoms with van der Waals surface area (Å²) in [5, 5.41) is 17.4. The summed E-state index contributed by atoms with van der Waals surface area (Å²) in [6, 6.07) is 7.46. The summed E-state index contributed by atoms with van der Waals surface area (Å²) in [5.41, 5.74) is 1.19. The summed E-state index contributed by atoms with van der Waals surface area (Å²) in [6.45, 7) is 3.62. The van der Waals surface area contributed by atoms with E-state index in [1.807, 2.05) is 24.3 Å². The van der Waals surface area contributed by atoms with Crippen LogP contribution in [0.3, 0.4) is 0 Å². The largest absolute Gasteiger partial charge is 0.618 e. The normalized spacial score (nSPS) is 14.7. The first-order valence-corrected chi connectivity index (χ1v) is 8.24. The van der Waals surface area contributed by atoms with Crippen molar-refractivity contribution in [1.29, 1.82) is 0 Å². The summed E-state index contributed by atoms with van der Waals surface area (Å²) < 4.78 is 6.25. The molecule has 0 saturated carbocycles. The van der Waals surface area contributed by atoms with Crippen LogP contribution in [-0.2, 0) is 0 Å². The van der Waals surface area contributed by atoms with Gasteiger partial charge in [-0.3, -0.25) is 0 Å². The molecular weight excluding hydrogens is 318 g/mol. The van der Waals surface area contributed by atoms with E-state index in [0.717, 1.165) is 47.4 Å². The standard InChI is InChI=1S/C18H19N5O2/c1-25-17-4-2-3-13-12-23(24)16(9-15(13)17)14-10-20-18(21-11-14)22-7-5-19-6-8-22/h2-4,9-12,19H,5-8H2,1H3. The van der Waals surface area contributed by atoms with Gasteiger partial charge in [0.15, 0.2) is 6.20 Å². The molecule has 0 spiro atoms. The van der Waals surface area contributed by atoms with E-state index in [1.165, 1.54) is 0 Å². The van der Waals surface area contributed by atoms with Crippen molar-refractivity contribution in [3.63, 3.8) is 0 Å². The zero-order chi connectivity index (χ0) is 17.2. The number of pyridine rings is 1. The predicted octanol–water partition coefficient (Wildman–Crippen LogP) is 1.35. The van der Waals surface area contributed by atoms with Crippen LogP contribution in [0, 0.1) is 5.21 Å². The quantitative estimate of drug-likeness (QED) is 0.574. The van der Waals surface area contributed by atoms with Gasteiger partial charge in [0.05, 0.1) is 18.1 Å². The second-order valence-electron chi connectivity index (χ2n) is 5.96. The number of piperazine rings is 1. The van der Waals surface area contributed by atoms with E-state index >= 15 is 0 Å². The van der Waals surface area contributed by atoms with Crippen LogP contribution in [0.25, 0.3) is 22.0 Å². The first-order chi connectivity index (χ1) is 12.3. The van der Waals surface area contributed by atoms with Crippen LogP contribution in [0.1, 0.15) is 0 Å². The number of hydrogen-bond acceptors (Lipinski definition) is 6. The lowest BCUT2D eigenvalue weighted by Crippen LogP contribution is -2.44. The Kier molecular flexibility index (Phi) is 4.07. The molecular formula is C18H19N5O2. The number of anilines is 1. The summed E-state index contributed by atoms with van der Waals surface area (Å²) in [4.78, 5) is 11.0. The number of benzene rings is 1. The number of nitrogens with zero attached hydrogens (tertiary/aromatic N) is 4. The number of methoxy groups -OCH3 is 1. The lowest BCUT2D eigenvalue weighted by atomic mass is 10.1. The predicted molar refractivity (Wildman–Crippen MR) is 95.6 cm³/mol. The monoisotopic (exact) mass is 337 g/mol. The molecule has 0 bridgehead atoms. The maximum absolute atomic E-state index is 12.4. The average molecular weight is 337 g/mol. The number of fused-ring (bicyclic) bond motifs is 1. The highest BCUT2D eigenvalue weighted by Crippen LogP contribution is 2.27. The van der Waals surface area contributed by atoms with Crippen molar-refractivity contribution in [2.24, 2.45) is 0 Å². The van der Waals surface area contributed by atoms with Gasteiger partial charge in [0.1, 0.15) is 5.75 Å². The van der Waals surface area contributed by atoms with Gasteiger partial charge < -0.3 is 20.2 Å². The number of nitrogens with one attached hydrogen (secondary N) is 1. The summed E-state index contributed by atoms with van der Waals surface area (Å²) >= 11 is 0. The van der Waals surface area contributed by atoms with Crippen molar-refractivity contribution in [3.8, 4) is 17.0 Å². The minimum atomic E-state index is 0.504.